The maximum absolute atomic E-state index is 15.1. The predicted octanol–water partition coefficient (Wildman–Crippen LogP) is 7.89. The molecule has 45 heavy (non-hydrogen) atoms. The number of nitrogens with one attached hydrogen (secondary N) is 1. The molecule has 3 aromatic carbocycles. The predicted molar refractivity (Wildman–Crippen MR) is 163 cm³/mol. The Balaban J connectivity index is 1.22. The van der Waals surface area contributed by atoms with Crippen molar-refractivity contribution in [3.8, 4) is 22.8 Å². The van der Waals surface area contributed by atoms with E-state index >= 15 is 4.39 Å². The molecule has 1 aliphatic rings. The lowest BCUT2D eigenvalue weighted by Crippen LogP contribution is -2.34. The molecule has 1 aromatic heterocycles. The van der Waals surface area contributed by atoms with Crippen molar-refractivity contribution in [2.45, 2.75) is 45.5 Å². The molecule has 0 radical (unpaired) electrons. The summed E-state index contributed by atoms with van der Waals surface area (Å²) < 4.78 is 72.3. The molecule has 1 fully saturated rings. The van der Waals surface area contributed by atoms with Gasteiger partial charge in [-0.3, -0.25) is 0 Å². The highest BCUT2D eigenvalue weighted by Crippen LogP contribution is 2.34. The number of amides is 2. The first kappa shape index (κ1) is 31.9. The molecule has 2 atom stereocenters. The van der Waals surface area contributed by atoms with Crippen LogP contribution < -0.4 is 15.0 Å². The summed E-state index contributed by atoms with van der Waals surface area (Å²) >= 11 is 1.37. The molecule has 1 N–H and O–H groups in total. The molecule has 0 aliphatic carbocycles. The van der Waals surface area contributed by atoms with Gasteiger partial charge in [0.1, 0.15) is 12.1 Å². The summed E-state index contributed by atoms with van der Waals surface area (Å²) in [6.45, 7) is 6.77. The maximum Gasteiger partial charge on any atom is 0.573 e. The van der Waals surface area contributed by atoms with Crippen LogP contribution >= 0.6 is 11.8 Å². The number of rotatable bonds is 8. The summed E-state index contributed by atoms with van der Waals surface area (Å²) in [5.74, 6) is 0.815. The van der Waals surface area contributed by atoms with Crippen LogP contribution in [0.4, 0.5) is 32.4 Å². The number of thioether (sulfide) groups is 1. The molecule has 4 aromatic rings. The third-order valence-corrected chi connectivity index (χ3v) is 7.86. The number of carbonyl (C=O) groups excluding carboxylic acids is 1. The molecule has 14 heteroatoms. The summed E-state index contributed by atoms with van der Waals surface area (Å²) in [4.78, 5) is 22.8. The molecule has 1 saturated heterocycles. The Kier molecular flexibility index (Phi) is 9.42. The van der Waals surface area contributed by atoms with E-state index in [0.717, 1.165) is 28.9 Å². The standard InChI is InChI=1S/C31H29F5N6O2S/c1-18(2)24-13-4-19(3)16-25(24)41-14-15-45-30(41)39-29(43)38-27(33)26(32)20-5-7-21(8-6-20)28-37-17-42(40-28)22-9-11-23(12-10-22)44-31(34,35)36/h4-13,16-18,26-27H,14-15H2,1-3H3,(H,38,43). The minimum atomic E-state index is -4.80. The summed E-state index contributed by atoms with van der Waals surface area (Å²) in [7, 11) is 0. The third kappa shape index (κ3) is 7.80. The number of hydrogen-bond acceptors (Lipinski definition) is 5. The third-order valence-electron chi connectivity index (χ3n) is 6.91. The summed E-state index contributed by atoms with van der Waals surface area (Å²) in [5.41, 5.74) is 4.00. The first-order chi connectivity index (χ1) is 21.4. The Morgan fingerprint density at radius 3 is 2.42 bits per heavy atom. The fourth-order valence-corrected chi connectivity index (χ4v) is 5.66. The molecule has 2 heterocycles. The molecule has 0 saturated carbocycles. The number of amidine groups is 1. The highest BCUT2D eigenvalue weighted by atomic mass is 32.2. The van der Waals surface area contributed by atoms with Crippen molar-refractivity contribution in [1.82, 2.24) is 20.1 Å². The molecular weight excluding hydrogens is 615 g/mol. The molecule has 0 bridgehead atoms. The zero-order valence-electron chi connectivity index (χ0n) is 24.4. The largest absolute Gasteiger partial charge is 0.573 e. The molecule has 5 rings (SSSR count). The Hall–Kier alpha value is -4.46. The van der Waals surface area contributed by atoms with E-state index in [9.17, 15) is 22.4 Å². The van der Waals surface area contributed by atoms with Gasteiger partial charge in [-0.05, 0) is 59.9 Å². The molecule has 2 amide bonds. The molecular formula is C31H29F5N6O2S. The van der Waals surface area contributed by atoms with E-state index in [2.05, 4.69) is 33.7 Å². The topological polar surface area (TPSA) is 84.6 Å². The van der Waals surface area contributed by atoms with Crippen molar-refractivity contribution in [2.24, 2.45) is 4.99 Å². The van der Waals surface area contributed by atoms with Gasteiger partial charge >= 0.3 is 12.4 Å². The fourth-order valence-electron chi connectivity index (χ4n) is 4.71. The van der Waals surface area contributed by atoms with Crippen molar-refractivity contribution in [1.29, 1.82) is 0 Å². The van der Waals surface area contributed by atoms with Gasteiger partial charge in [0.25, 0.3) is 0 Å². The number of nitrogens with zero attached hydrogens (tertiary/aromatic N) is 5. The van der Waals surface area contributed by atoms with Crippen LogP contribution in [0.15, 0.2) is 78.0 Å². The SMILES string of the molecule is Cc1ccc(C(C)C)c(N2CCSC2=NC(=O)NC(F)C(F)c2ccc(-c3ncn(-c4ccc(OC(F)(F)F)cc4)n3)cc2)c1. The first-order valence-corrected chi connectivity index (χ1v) is 14.9. The molecule has 8 nitrogen and oxygen atoms in total. The van der Waals surface area contributed by atoms with Gasteiger partial charge in [0.15, 0.2) is 17.2 Å². The van der Waals surface area contributed by atoms with Crippen LogP contribution in [0.1, 0.15) is 42.6 Å². The zero-order valence-corrected chi connectivity index (χ0v) is 25.2. The first-order valence-electron chi connectivity index (χ1n) is 13.9. The highest BCUT2D eigenvalue weighted by molar-refractivity contribution is 8.14. The summed E-state index contributed by atoms with van der Waals surface area (Å²) in [6.07, 6.45) is -7.95. The molecule has 1 aliphatic heterocycles. The fraction of sp³-hybridized carbons (Fsp3) is 0.290. The Bertz CT molecular complexity index is 1680. The lowest BCUT2D eigenvalue weighted by atomic mass is 9.99. The average molecular weight is 645 g/mol. The van der Waals surface area contributed by atoms with Crippen LogP contribution in [0, 0.1) is 6.92 Å². The number of alkyl halides is 5. The van der Waals surface area contributed by atoms with E-state index in [1.807, 2.05) is 35.3 Å². The van der Waals surface area contributed by atoms with Gasteiger partial charge in [-0.25, -0.2) is 23.2 Å². The molecule has 2 unspecified atom stereocenters. The second kappa shape index (κ2) is 13.3. The summed E-state index contributed by atoms with van der Waals surface area (Å²) in [6, 6.07) is 15.9. The van der Waals surface area contributed by atoms with E-state index in [4.69, 9.17) is 0 Å². The van der Waals surface area contributed by atoms with Crippen LogP contribution in [0.3, 0.4) is 0 Å². The van der Waals surface area contributed by atoms with Crippen molar-refractivity contribution < 1.29 is 31.5 Å². The minimum Gasteiger partial charge on any atom is -0.406 e. The number of urea groups is 1. The van der Waals surface area contributed by atoms with Gasteiger partial charge in [0.2, 0.25) is 6.30 Å². The quantitative estimate of drug-likeness (QED) is 0.155. The van der Waals surface area contributed by atoms with Gasteiger partial charge in [-0.1, -0.05) is 62.0 Å². The van der Waals surface area contributed by atoms with Crippen LogP contribution in [-0.4, -0.2) is 50.9 Å². The number of benzene rings is 3. The lowest BCUT2D eigenvalue weighted by Gasteiger charge is -2.24. The van der Waals surface area contributed by atoms with Crippen LogP contribution in [0.5, 0.6) is 5.75 Å². The van der Waals surface area contributed by atoms with Gasteiger partial charge in [-0.2, -0.15) is 4.99 Å². The van der Waals surface area contributed by atoms with E-state index in [0.29, 0.717) is 28.7 Å². The average Bonchev–Trinajstić information content (AvgIpc) is 3.66. The molecule has 0 spiro atoms. The van der Waals surface area contributed by atoms with E-state index < -0.39 is 24.9 Å². The minimum absolute atomic E-state index is 0.0166. The monoisotopic (exact) mass is 644 g/mol. The van der Waals surface area contributed by atoms with E-state index in [1.54, 1.807) is 0 Å². The number of hydrogen-bond donors (Lipinski definition) is 1. The summed E-state index contributed by atoms with van der Waals surface area (Å²) in [5, 5.41) is 6.72. The Morgan fingerprint density at radius 2 is 1.76 bits per heavy atom. The van der Waals surface area contributed by atoms with Crippen molar-refractivity contribution >= 4 is 28.6 Å². The van der Waals surface area contributed by atoms with E-state index in [-0.39, 0.29) is 23.1 Å². The lowest BCUT2D eigenvalue weighted by molar-refractivity contribution is -0.274. The van der Waals surface area contributed by atoms with Crippen LogP contribution in [0.2, 0.25) is 0 Å². The second-order valence-electron chi connectivity index (χ2n) is 10.5. The number of aliphatic imine (C=N–C) groups is 1. The Labute approximate surface area is 260 Å². The number of carbonyl (C=O) groups is 1. The second-order valence-corrected chi connectivity index (χ2v) is 11.6. The number of halogens is 5. The van der Waals surface area contributed by atoms with Crippen molar-refractivity contribution in [3.63, 3.8) is 0 Å². The highest BCUT2D eigenvalue weighted by Gasteiger charge is 2.31. The number of ether oxygens (including phenoxy) is 1. The van der Waals surface area contributed by atoms with Gasteiger partial charge < -0.3 is 15.0 Å². The van der Waals surface area contributed by atoms with Crippen molar-refractivity contribution in [3.05, 3.63) is 89.7 Å². The smallest absolute Gasteiger partial charge is 0.406 e. The van der Waals surface area contributed by atoms with Crippen LogP contribution in [0.25, 0.3) is 17.1 Å². The Morgan fingerprint density at radius 1 is 1.04 bits per heavy atom. The van der Waals surface area contributed by atoms with Gasteiger partial charge in [0.05, 0.1) is 5.69 Å². The van der Waals surface area contributed by atoms with Gasteiger partial charge in [-0.15, -0.1) is 18.3 Å². The van der Waals surface area contributed by atoms with Crippen LogP contribution in [-0.2, 0) is 0 Å². The zero-order chi connectivity index (χ0) is 32.3. The number of anilines is 1. The van der Waals surface area contributed by atoms with E-state index in [1.165, 1.54) is 59.2 Å². The number of aromatic nitrogens is 3. The van der Waals surface area contributed by atoms with Gasteiger partial charge in [0, 0.05) is 23.5 Å². The van der Waals surface area contributed by atoms with Crippen molar-refractivity contribution in [2.75, 3.05) is 17.2 Å². The molecule has 236 valence electrons. The maximum atomic E-state index is 15.1. The number of aryl methyl sites for hydroxylation is 1. The normalized spacial score (nSPS) is 15.8.